The Bertz CT molecular complexity index is 419. The molecule has 0 aliphatic heterocycles. The highest BCUT2D eigenvalue weighted by Gasteiger charge is 2.26. The van der Waals surface area contributed by atoms with Crippen LogP contribution in [0.2, 0.25) is 0 Å². The van der Waals surface area contributed by atoms with Gasteiger partial charge in [0.15, 0.2) is 0 Å². The Morgan fingerprint density at radius 2 is 2.16 bits per heavy atom. The zero-order chi connectivity index (χ0) is 13.8. The lowest BCUT2D eigenvalue weighted by Crippen LogP contribution is -2.27. The monoisotopic (exact) mass is 329 g/mol. The SMILES string of the molecule is CCn1nc(C)c(Br)c1CNCC1CCCC1CO. The summed E-state index contributed by atoms with van der Waals surface area (Å²) in [4.78, 5) is 0. The van der Waals surface area contributed by atoms with Crippen molar-refractivity contribution < 1.29 is 5.11 Å². The number of nitrogens with zero attached hydrogens (tertiary/aromatic N) is 2. The van der Waals surface area contributed by atoms with E-state index in [9.17, 15) is 5.11 Å². The van der Waals surface area contributed by atoms with Crippen LogP contribution in [0.25, 0.3) is 0 Å². The Morgan fingerprint density at radius 1 is 1.42 bits per heavy atom. The van der Waals surface area contributed by atoms with Gasteiger partial charge in [-0.25, -0.2) is 0 Å². The average molecular weight is 330 g/mol. The highest BCUT2D eigenvalue weighted by atomic mass is 79.9. The molecule has 2 atom stereocenters. The van der Waals surface area contributed by atoms with E-state index in [0.717, 1.165) is 29.8 Å². The van der Waals surface area contributed by atoms with Gasteiger partial charge in [-0.3, -0.25) is 4.68 Å². The van der Waals surface area contributed by atoms with Crippen molar-refractivity contribution in [3.63, 3.8) is 0 Å². The number of aliphatic hydroxyl groups excluding tert-OH is 1. The molecular weight excluding hydrogens is 306 g/mol. The van der Waals surface area contributed by atoms with Gasteiger partial charge in [0.2, 0.25) is 0 Å². The minimum atomic E-state index is 0.335. The summed E-state index contributed by atoms with van der Waals surface area (Å²) in [6.07, 6.45) is 3.68. The molecule has 19 heavy (non-hydrogen) atoms. The highest BCUT2D eigenvalue weighted by molar-refractivity contribution is 9.10. The first-order chi connectivity index (χ1) is 9.17. The van der Waals surface area contributed by atoms with Crippen LogP contribution in [0.1, 0.15) is 37.6 Å². The molecule has 0 saturated heterocycles. The molecule has 1 aromatic rings. The van der Waals surface area contributed by atoms with E-state index < -0.39 is 0 Å². The van der Waals surface area contributed by atoms with Gasteiger partial charge in [-0.2, -0.15) is 5.10 Å². The zero-order valence-electron chi connectivity index (χ0n) is 11.8. The zero-order valence-corrected chi connectivity index (χ0v) is 13.4. The van der Waals surface area contributed by atoms with Gasteiger partial charge in [-0.15, -0.1) is 0 Å². The van der Waals surface area contributed by atoms with E-state index in [-0.39, 0.29) is 0 Å². The lowest BCUT2D eigenvalue weighted by Gasteiger charge is -2.18. The molecule has 4 nitrogen and oxygen atoms in total. The molecular formula is C14H24BrN3O. The molecule has 0 radical (unpaired) electrons. The van der Waals surface area contributed by atoms with E-state index in [1.807, 2.05) is 11.6 Å². The van der Waals surface area contributed by atoms with Crippen molar-refractivity contribution in [2.45, 2.75) is 46.2 Å². The smallest absolute Gasteiger partial charge is 0.0739 e. The van der Waals surface area contributed by atoms with E-state index in [1.165, 1.54) is 25.0 Å². The second-order valence-electron chi connectivity index (χ2n) is 5.43. The van der Waals surface area contributed by atoms with E-state index >= 15 is 0 Å². The van der Waals surface area contributed by atoms with Crippen LogP contribution in [-0.2, 0) is 13.1 Å². The number of hydrogen-bond donors (Lipinski definition) is 2. The lowest BCUT2D eigenvalue weighted by molar-refractivity contribution is 0.192. The van der Waals surface area contributed by atoms with Crippen molar-refractivity contribution in [1.29, 1.82) is 0 Å². The normalized spacial score (nSPS) is 23.2. The molecule has 1 heterocycles. The number of rotatable bonds is 6. The van der Waals surface area contributed by atoms with E-state index in [1.54, 1.807) is 0 Å². The maximum atomic E-state index is 9.33. The first-order valence-electron chi connectivity index (χ1n) is 7.20. The molecule has 0 spiro atoms. The van der Waals surface area contributed by atoms with E-state index in [2.05, 4.69) is 33.3 Å². The van der Waals surface area contributed by atoms with Gasteiger partial charge in [-0.1, -0.05) is 6.42 Å². The molecule has 2 N–H and O–H groups in total. The van der Waals surface area contributed by atoms with Crippen molar-refractivity contribution in [3.8, 4) is 0 Å². The van der Waals surface area contributed by atoms with Crippen LogP contribution in [-0.4, -0.2) is 28.0 Å². The molecule has 2 unspecified atom stereocenters. The minimum absolute atomic E-state index is 0.335. The molecule has 1 fully saturated rings. The number of halogens is 1. The molecule has 2 rings (SSSR count). The molecule has 1 aliphatic rings. The number of nitrogens with one attached hydrogen (secondary N) is 1. The van der Waals surface area contributed by atoms with Gasteiger partial charge in [0, 0.05) is 19.7 Å². The van der Waals surface area contributed by atoms with Crippen LogP contribution in [0.3, 0.4) is 0 Å². The van der Waals surface area contributed by atoms with Crippen LogP contribution < -0.4 is 5.32 Å². The molecule has 108 valence electrons. The molecule has 1 aliphatic carbocycles. The molecule has 5 heteroatoms. The van der Waals surface area contributed by atoms with Gasteiger partial charge in [0.1, 0.15) is 0 Å². The van der Waals surface area contributed by atoms with E-state index in [0.29, 0.717) is 18.4 Å². The number of aliphatic hydroxyl groups is 1. The summed E-state index contributed by atoms with van der Waals surface area (Å²) in [5.41, 5.74) is 2.27. The Kier molecular flexibility index (Phi) is 5.42. The molecule has 0 amide bonds. The average Bonchev–Trinajstić information content (AvgIpc) is 2.97. The minimum Gasteiger partial charge on any atom is -0.396 e. The third-order valence-electron chi connectivity index (χ3n) is 4.20. The number of aromatic nitrogens is 2. The summed E-state index contributed by atoms with van der Waals surface area (Å²) in [5.74, 6) is 1.12. The van der Waals surface area contributed by atoms with Gasteiger partial charge >= 0.3 is 0 Å². The van der Waals surface area contributed by atoms with Crippen LogP contribution in [0.4, 0.5) is 0 Å². The van der Waals surface area contributed by atoms with Crippen LogP contribution in [0.5, 0.6) is 0 Å². The fourth-order valence-corrected chi connectivity index (χ4v) is 3.46. The fourth-order valence-electron chi connectivity index (χ4n) is 3.04. The van der Waals surface area contributed by atoms with Crippen molar-refractivity contribution in [2.75, 3.05) is 13.2 Å². The standard InChI is InChI=1S/C14H24BrN3O/c1-3-18-13(14(15)10(2)17-18)8-16-7-11-5-4-6-12(11)9-19/h11-12,16,19H,3-9H2,1-2H3. The van der Waals surface area contributed by atoms with Crippen molar-refractivity contribution in [1.82, 2.24) is 15.1 Å². The summed E-state index contributed by atoms with van der Waals surface area (Å²) >= 11 is 3.62. The van der Waals surface area contributed by atoms with E-state index in [4.69, 9.17) is 0 Å². The van der Waals surface area contributed by atoms with Crippen molar-refractivity contribution in [2.24, 2.45) is 11.8 Å². The summed E-state index contributed by atoms with van der Waals surface area (Å²) in [7, 11) is 0. The topological polar surface area (TPSA) is 50.1 Å². The Morgan fingerprint density at radius 3 is 2.84 bits per heavy atom. The first-order valence-corrected chi connectivity index (χ1v) is 8.00. The quantitative estimate of drug-likeness (QED) is 0.842. The number of hydrogen-bond acceptors (Lipinski definition) is 3. The predicted molar refractivity (Wildman–Crippen MR) is 80.0 cm³/mol. The van der Waals surface area contributed by atoms with Crippen LogP contribution in [0, 0.1) is 18.8 Å². The fraction of sp³-hybridized carbons (Fsp3) is 0.786. The largest absolute Gasteiger partial charge is 0.396 e. The van der Waals surface area contributed by atoms with Crippen LogP contribution in [0.15, 0.2) is 4.47 Å². The molecule has 0 bridgehead atoms. The Hall–Kier alpha value is -0.390. The van der Waals surface area contributed by atoms with Crippen molar-refractivity contribution in [3.05, 3.63) is 15.9 Å². The molecule has 1 saturated carbocycles. The third-order valence-corrected chi connectivity index (χ3v) is 5.23. The first kappa shape index (κ1) is 15.0. The highest BCUT2D eigenvalue weighted by Crippen LogP contribution is 2.30. The summed E-state index contributed by atoms with van der Waals surface area (Å²) < 4.78 is 3.16. The van der Waals surface area contributed by atoms with Gasteiger partial charge in [0.25, 0.3) is 0 Å². The van der Waals surface area contributed by atoms with Gasteiger partial charge < -0.3 is 10.4 Å². The third kappa shape index (κ3) is 3.38. The van der Waals surface area contributed by atoms with Crippen LogP contribution >= 0.6 is 15.9 Å². The molecule has 0 aromatic carbocycles. The Balaban J connectivity index is 1.89. The second kappa shape index (κ2) is 6.86. The number of aryl methyl sites for hydroxylation is 2. The van der Waals surface area contributed by atoms with Crippen molar-refractivity contribution >= 4 is 15.9 Å². The maximum absolute atomic E-state index is 9.33. The lowest BCUT2D eigenvalue weighted by atomic mass is 9.97. The van der Waals surface area contributed by atoms with Gasteiger partial charge in [-0.05, 0) is 61.0 Å². The molecule has 1 aromatic heterocycles. The second-order valence-corrected chi connectivity index (χ2v) is 6.22. The Labute approximate surface area is 123 Å². The summed E-state index contributed by atoms with van der Waals surface area (Å²) in [6.45, 7) is 7.20. The summed E-state index contributed by atoms with van der Waals surface area (Å²) in [6, 6.07) is 0. The maximum Gasteiger partial charge on any atom is 0.0739 e. The van der Waals surface area contributed by atoms with Gasteiger partial charge in [0.05, 0.1) is 15.9 Å². The summed E-state index contributed by atoms with van der Waals surface area (Å²) in [5, 5.41) is 17.4. The predicted octanol–water partition coefficient (Wildman–Crippen LogP) is 2.47.